The van der Waals surface area contributed by atoms with Crippen molar-refractivity contribution in [3.05, 3.63) is 34.4 Å². The van der Waals surface area contributed by atoms with Crippen molar-refractivity contribution in [2.45, 2.75) is 0 Å². The number of nitrogens with zero attached hydrogens (tertiary/aromatic N) is 3. The Morgan fingerprint density at radius 1 is 1.42 bits per heavy atom. The van der Waals surface area contributed by atoms with Crippen molar-refractivity contribution < 1.29 is 4.92 Å². The first-order valence-electron chi connectivity index (χ1n) is 3.01. The van der Waals surface area contributed by atoms with E-state index in [-0.39, 0.29) is 11.4 Å². The van der Waals surface area contributed by atoms with Crippen LogP contribution in [0.4, 0.5) is 11.4 Å². The first-order valence-corrected chi connectivity index (χ1v) is 3.35. The predicted octanol–water partition coefficient (Wildman–Crippen LogP) is 2.83. The van der Waals surface area contributed by atoms with Gasteiger partial charge in [-0.15, -0.1) is 5.11 Å². The molecule has 0 atom stereocenters. The molecule has 62 valence electrons. The minimum atomic E-state index is -0.541. The van der Waals surface area contributed by atoms with Crippen molar-refractivity contribution in [3.8, 4) is 0 Å². The van der Waals surface area contributed by atoms with E-state index in [1.54, 1.807) is 12.1 Å². The van der Waals surface area contributed by atoms with Gasteiger partial charge in [-0.1, -0.05) is 16.8 Å². The van der Waals surface area contributed by atoms with Crippen LogP contribution < -0.4 is 0 Å². The van der Waals surface area contributed by atoms with Gasteiger partial charge in [0.15, 0.2) is 5.69 Å². The predicted molar refractivity (Wildman–Crippen MR) is 43.5 cm³/mol. The standard InChI is InChI=1S/C6H4ClN3O2/c7-9-8-5-3-1-2-4-6(5)10(11)12/h1-4H/b9-8+. The van der Waals surface area contributed by atoms with E-state index in [4.69, 9.17) is 11.8 Å². The fourth-order valence-electron chi connectivity index (χ4n) is 0.744. The van der Waals surface area contributed by atoms with E-state index in [0.29, 0.717) is 0 Å². The number of para-hydroxylation sites is 1. The average Bonchev–Trinajstić information content (AvgIpc) is 2.05. The summed E-state index contributed by atoms with van der Waals surface area (Å²) >= 11 is 4.95. The van der Waals surface area contributed by atoms with Gasteiger partial charge in [0.25, 0.3) is 5.69 Å². The molecule has 6 heteroatoms. The number of benzene rings is 1. The highest BCUT2D eigenvalue weighted by Crippen LogP contribution is 2.26. The number of rotatable bonds is 2. The second-order valence-corrected chi connectivity index (χ2v) is 2.07. The first-order chi connectivity index (χ1) is 5.75. The second kappa shape index (κ2) is 3.77. The lowest BCUT2D eigenvalue weighted by atomic mass is 10.3. The van der Waals surface area contributed by atoms with E-state index in [1.807, 2.05) is 0 Å². The Hall–Kier alpha value is -1.49. The fraction of sp³-hybridized carbons (Fsp3) is 0. The van der Waals surface area contributed by atoms with E-state index >= 15 is 0 Å². The monoisotopic (exact) mass is 185 g/mol. The van der Waals surface area contributed by atoms with Crippen LogP contribution in [0.25, 0.3) is 0 Å². The molecule has 0 radical (unpaired) electrons. The molecule has 0 aliphatic heterocycles. The topological polar surface area (TPSA) is 67.9 Å². The van der Waals surface area contributed by atoms with Gasteiger partial charge in [-0.2, -0.15) is 0 Å². The van der Waals surface area contributed by atoms with Gasteiger partial charge in [0, 0.05) is 6.07 Å². The third-order valence-electron chi connectivity index (χ3n) is 1.22. The molecular weight excluding hydrogens is 182 g/mol. The van der Waals surface area contributed by atoms with Crippen molar-refractivity contribution >= 4 is 23.2 Å². The first kappa shape index (κ1) is 8.61. The Morgan fingerprint density at radius 2 is 2.08 bits per heavy atom. The quantitative estimate of drug-likeness (QED) is 0.404. The number of nitro groups is 1. The average molecular weight is 186 g/mol. The lowest BCUT2D eigenvalue weighted by Gasteiger charge is -1.92. The Kier molecular flexibility index (Phi) is 2.71. The maximum atomic E-state index is 10.4. The van der Waals surface area contributed by atoms with Gasteiger partial charge in [-0.25, -0.2) is 0 Å². The largest absolute Gasteiger partial charge is 0.296 e. The summed E-state index contributed by atoms with van der Waals surface area (Å²) in [7, 11) is 0. The summed E-state index contributed by atoms with van der Waals surface area (Å²) in [6.45, 7) is 0. The number of nitro benzene ring substituents is 1. The van der Waals surface area contributed by atoms with Crippen LogP contribution in [0.15, 0.2) is 34.0 Å². The number of halogens is 1. The van der Waals surface area contributed by atoms with Gasteiger partial charge in [0.1, 0.15) is 0 Å². The van der Waals surface area contributed by atoms with Crippen LogP contribution in [-0.2, 0) is 0 Å². The number of hydrogen-bond acceptors (Lipinski definition) is 4. The highest BCUT2D eigenvalue weighted by molar-refractivity contribution is 6.14. The molecule has 0 heterocycles. The van der Waals surface area contributed by atoms with Gasteiger partial charge >= 0.3 is 0 Å². The molecule has 0 unspecified atom stereocenters. The van der Waals surface area contributed by atoms with Gasteiger partial charge in [-0.05, 0) is 6.07 Å². The fourth-order valence-corrected chi connectivity index (χ4v) is 0.825. The molecule has 12 heavy (non-hydrogen) atoms. The smallest absolute Gasteiger partial charge is 0.258 e. The minimum absolute atomic E-state index is 0.109. The van der Waals surface area contributed by atoms with Crippen molar-refractivity contribution in [3.63, 3.8) is 0 Å². The summed E-state index contributed by atoms with van der Waals surface area (Å²) in [5.74, 6) is 0. The van der Waals surface area contributed by atoms with Crippen molar-refractivity contribution in [1.82, 2.24) is 0 Å². The molecule has 0 spiro atoms. The molecule has 0 aromatic heterocycles. The Bertz CT molecular complexity index is 326. The molecule has 0 aliphatic carbocycles. The molecule has 0 saturated carbocycles. The number of hydrogen-bond donors (Lipinski definition) is 0. The van der Waals surface area contributed by atoms with Crippen LogP contribution >= 0.6 is 11.8 Å². The van der Waals surface area contributed by atoms with E-state index in [2.05, 4.69) is 9.75 Å². The third kappa shape index (κ3) is 1.76. The molecule has 0 bridgehead atoms. The molecule has 0 N–H and O–H groups in total. The summed E-state index contributed by atoms with van der Waals surface area (Å²) in [5, 5.41) is 13.7. The minimum Gasteiger partial charge on any atom is -0.258 e. The highest BCUT2D eigenvalue weighted by Gasteiger charge is 2.10. The molecule has 0 aliphatic rings. The Balaban J connectivity index is 3.17. The zero-order chi connectivity index (χ0) is 8.97. The van der Waals surface area contributed by atoms with Crippen LogP contribution in [0, 0.1) is 10.1 Å². The van der Waals surface area contributed by atoms with Crippen molar-refractivity contribution in [2.24, 2.45) is 9.75 Å². The van der Waals surface area contributed by atoms with Crippen LogP contribution in [0.1, 0.15) is 0 Å². The molecule has 1 aromatic carbocycles. The van der Waals surface area contributed by atoms with E-state index < -0.39 is 4.92 Å². The van der Waals surface area contributed by atoms with Gasteiger partial charge in [0.05, 0.1) is 16.7 Å². The Morgan fingerprint density at radius 3 is 2.67 bits per heavy atom. The Labute approximate surface area is 72.9 Å². The second-order valence-electron chi connectivity index (χ2n) is 1.92. The SMILES string of the molecule is O=[N+]([O-])c1ccccc1/N=N/Cl. The molecule has 5 nitrogen and oxygen atoms in total. The van der Waals surface area contributed by atoms with Crippen LogP contribution in [0.3, 0.4) is 0 Å². The van der Waals surface area contributed by atoms with E-state index in [0.717, 1.165) is 0 Å². The third-order valence-corrected chi connectivity index (χ3v) is 1.30. The van der Waals surface area contributed by atoms with Crippen LogP contribution in [-0.4, -0.2) is 4.92 Å². The van der Waals surface area contributed by atoms with Gasteiger partial charge in [-0.3, -0.25) is 10.1 Å². The highest BCUT2D eigenvalue weighted by atomic mass is 35.5. The normalized spacial score (nSPS) is 10.4. The van der Waals surface area contributed by atoms with Gasteiger partial charge in [0.2, 0.25) is 0 Å². The zero-order valence-electron chi connectivity index (χ0n) is 5.85. The van der Waals surface area contributed by atoms with Gasteiger partial charge < -0.3 is 0 Å². The summed E-state index contributed by atoms with van der Waals surface area (Å²) in [4.78, 5) is 9.82. The summed E-state index contributed by atoms with van der Waals surface area (Å²) in [6, 6.07) is 5.96. The van der Waals surface area contributed by atoms with Crippen LogP contribution in [0.5, 0.6) is 0 Å². The maximum absolute atomic E-state index is 10.4. The van der Waals surface area contributed by atoms with E-state index in [1.165, 1.54) is 12.1 Å². The molecule has 0 fully saturated rings. The lowest BCUT2D eigenvalue weighted by molar-refractivity contribution is -0.384. The molecule has 0 saturated heterocycles. The zero-order valence-corrected chi connectivity index (χ0v) is 6.60. The summed E-state index contributed by atoms with van der Waals surface area (Å²) < 4.78 is 2.94. The molecule has 1 rings (SSSR count). The molecule has 1 aromatic rings. The molecular formula is C6H4ClN3O2. The van der Waals surface area contributed by atoms with E-state index in [9.17, 15) is 10.1 Å². The molecule has 0 amide bonds. The summed E-state index contributed by atoms with van der Waals surface area (Å²) in [5.41, 5.74) is 0.0411. The summed E-state index contributed by atoms with van der Waals surface area (Å²) in [6.07, 6.45) is 0. The van der Waals surface area contributed by atoms with Crippen molar-refractivity contribution in [1.29, 1.82) is 0 Å². The maximum Gasteiger partial charge on any atom is 0.296 e. The van der Waals surface area contributed by atoms with Crippen LogP contribution in [0.2, 0.25) is 0 Å². The van der Waals surface area contributed by atoms with Crippen molar-refractivity contribution in [2.75, 3.05) is 0 Å². The lowest BCUT2D eigenvalue weighted by Crippen LogP contribution is -1.86.